The second-order valence-electron chi connectivity index (χ2n) is 13.1. The van der Waals surface area contributed by atoms with Gasteiger partial charge in [-0.1, -0.05) is 74.0 Å². The Balaban J connectivity index is 0.000000238. The van der Waals surface area contributed by atoms with Crippen LogP contribution in [0.5, 0.6) is 0 Å². The second kappa shape index (κ2) is 15.5. The van der Waals surface area contributed by atoms with Crippen molar-refractivity contribution in [2.75, 3.05) is 32.7 Å². The molecule has 4 aromatic rings. The number of benzene rings is 3. The van der Waals surface area contributed by atoms with Crippen molar-refractivity contribution in [3.8, 4) is 11.3 Å². The average Bonchev–Trinajstić information content (AvgIpc) is 3.08. The molecule has 2 saturated heterocycles. The minimum absolute atomic E-state index is 0.135. The van der Waals surface area contributed by atoms with Crippen molar-refractivity contribution >= 4 is 33.4 Å². The Hall–Kier alpha value is -4.02. The molecule has 2 aliphatic rings. The van der Waals surface area contributed by atoms with Crippen LogP contribution in [0.15, 0.2) is 66.9 Å². The van der Waals surface area contributed by atoms with Gasteiger partial charge in [0.15, 0.2) is 0 Å². The van der Waals surface area contributed by atoms with Gasteiger partial charge in [0.05, 0.1) is 17.7 Å². The first-order valence-corrected chi connectivity index (χ1v) is 16.9. The number of carboxylic acid groups (broad SMARTS) is 1. The van der Waals surface area contributed by atoms with E-state index in [1.807, 2.05) is 19.1 Å². The molecular weight excluding hydrogens is 617 g/mol. The molecule has 48 heavy (non-hydrogen) atoms. The maximum Gasteiger partial charge on any atom is 0.401 e. The number of alkyl halides is 3. The third kappa shape index (κ3) is 8.52. The van der Waals surface area contributed by atoms with Crippen LogP contribution >= 0.6 is 0 Å². The van der Waals surface area contributed by atoms with E-state index in [-0.39, 0.29) is 25.4 Å². The van der Waals surface area contributed by atoms with Crippen molar-refractivity contribution in [2.24, 2.45) is 11.1 Å². The number of halogens is 3. The molecule has 0 spiro atoms. The van der Waals surface area contributed by atoms with Crippen molar-refractivity contribution < 1.29 is 27.9 Å². The van der Waals surface area contributed by atoms with Crippen LogP contribution in [0.4, 0.5) is 13.2 Å². The molecule has 0 bridgehead atoms. The number of carbonyl (C=O) groups is 2. The molecule has 0 saturated carbocycles. The molecule has 3 heterocycles. The van der Waals surface area contributed by atoms with Crippen molar-refractivity contribution in [1.82, 2.24) is 14.8 Å². The number of nitrogens with two attached hydrogens (primary N) is 1. The fourth-order valence-electron chi connectivity index (χ4n) is 7.16. The van der Waals surface area contributed by atoms with Gasteiger partial charge in [-0.2, -0.15) is 13.2 Å². The summed E-state index contributed by atoms with van der Waals surface area (Å²) in [6, 6.07) is 21.0. The summed E-state index contributed by atoms with van der Waals surface area (Å²) in [5.74, 6) is -1.16. The summed E-state index contributed by atoms with van der Waals surface area (Å²) >= 11 is 0. The number of hydrogen-bond donors (Lipinski definition) is 2. The van der Waals surface area contributed by atoms with Crippen molar-refractivity contribution in [3.63, 3.8) is 0 Å². The summed E-state index contributed by atoms with van der Waals surface area (Å²) in [5.41, 5.74) is 9.15. The number of nitrogens with zero attached hydrogens (tertiary/aromatic N) is 3. The average molecular weight is 663 g/mol. The number of aryl methyl sites for hydroxylation is 1. The number of rotatable bonds is 9. The number of aliphatic carboxylic acids is 1. The van der Waals surface area contributed by atoms with Crippen molar-refractivity contribution in [3.05, 3.63) is 78.0 Å². The number of amides is 1. The number of pyridine rings is 1. The molecule has 3 aromatic carbocycles. The van der Waals surface area contributed by atoms with Gasteiger partial charge in [-0.15, -0.1) is 0 Å². The summed E-state index contributed by atoms with van der Waals surface area (Å²) in [5, 5.41) is 13.8. The largest absolute Gasteiger partial charge is 0.481 e. The summed E-state index contributed by atoms with van der Waals surface area (Å²) in [6.07, 6.45) is 3.90. The zero-order valence-corrected chi connectivity index (χ0v) is 27.6. The Morgan fingerprint density at radius 3 is 2.10 bits per heavy atom. The smallest absolute Gasteiger partial charge is 0.401 e. The van der Waals surface area contributed by atoms with Gasteiger partial charge in [-0.25, -0.2) is 0 Å². The van der Waals surface area contributed by atoms with E-state index in [0.717, 1.165) is 34.1 Å². The standard InChI is InChI=1S/C28H28N2O2.C10H17F3N2O/c31-27(32)15-14-20-8-6-12-24-22(20)11-7-13-26(24)28-25-10-3-2-9-23(25)21(18-29-28)19-30-16-4-1-5-17-30;1-2-9(8(14)16)3-5-15(6-4-9)7-10(11,12)13/h2-3,6-13,18H,1,4-5,14-17,19H2,(H,31,32);2-7H2,1H3,(H2,14,16). The first-order chi connectivity index (χ1) is 23.0. The predicted molar refractivity (Wildman–Crippen MR) is 183 cm³/mol. The van der Waals surface area contributed by atoms with Crippen LogP contribution < -0.4 is 5.73 Å². The van der Waals surface area contributed by atoms with E-state index in [2.05, 4.69) is 59.6 Å². The van der Waals surface area contributed by atoms with Crippen LogP contribution in [0.1, 0.15) is 63.0 Å². The minimum atomic E-state index is -4.17. The number of carboxylic acids is 1. The highest BCUT2D eigenvalue weighted by Gasteiger charge is 2.40. The third-order valence-electron chi connectivity index (χ3n) is 10.0. The lowest BCUT2D eigenvalue weighted by atomic mass is 9.75. The molecule has 3 N–H and O–H groups in total. The highest BCUT2D eigenvalue weighted by molar-refractivity contribution is 6.05. The van der Waals surface area contributed by atoms with Gasteiger partial charge in [0.1, 0.15) is 0 Å². The fourth-order valence-corrected chi connectivity index (χ4v) is 7.16. The molecule has 7 nitrogen and oxygen atoms in total. The van der Waals surface area contributed by atoms with Crippen LogP contribution in [-0.4, -0.2) is 70.7 Å². The molecule has 1 aromatic heterocycles. The number of fused-ring (bicyclic) bond motifs is 2. The first kappa shape index (κ1) is 35.3. The molecule has 1 amide bonds. The topological polar surface area (TPSA) is 99.8 Å². The number of hydrogen-bond acceptors (Lipinski definition) is 5. The number of aromatic nitrogens is 1. The first-order valence-electron chi connectivity index (χ1n) is 16.9. The van der Waals surface area contributed by atoms with E-state index in [4.69, 9.17) is 15.8 Å². The summed E-state index contributed by atoms with van der Waals surface area (Å²) in [7, 11) is 0. The predicted octanol–water partition coefficient (Wildman–Crippen LogP) is 7.58. The number of likely N-dealkylation sites (tertiary alicyclic amines) is 2. The fraction of sp³-hybridized carbons (Fsp3) is 0.447. The second-order valence-corrected chi connectivity index (χ2v) is 13.1. The molecule has 0 radical (unpaired) electrons. The zero-order chi connectivity index (χ0) is 34.3. The summed E-state index contributed by atoms with van der Waals surface area (Å²) < 4.78 is 36.4. The maximum absolute atomic E-state index is 12.1. The SMILES string of the molecule is CCC1(C(N)=O)CCN(CC(F)(F)F)CC1.O=C(O)CCc1cccc2c(-c3ncc(CN4CCCCC4)c4ccccc34)cccc12. The summed E-state index contributed by atoms with van der Waals surface area (Å²) in [6.45, 7) is 4.81. The lowest BCUT2D eigenvalue weighted by Crippen LogP contribution is -2.48. The van der Waals surface area contributed by atoms with Gasteiger partial charge < -0.3 is 10.8 Å². The van der Waals surface area contributed by atoms with Crippen LogP contribution in [0.25, 0.3) is 32.8 Å². The minimum Gasteiger partial charge on any atom is -0.481 e. The van der Waals surface area contributed by atoms with E-state index in [9.17, 15) is 22.8 Å². The Kier molecular flexibility index (Phi) is 11.4. The van der Waals surface area contributed by atoms with Gasteiger partial charge in [0.2, 0.25) is 5.91 Å². The van der Waals surface area contributed by atoms with Gasteiger partial charge in [-0.3, -0.25) is 24.4 Å². The van der Waals surface area contributed by atoms with E-state index in [0.29, 0.717) is 25.7 Å². The molecule has 10 heteroatoms. The highest BCUT2D eigenvalue weighted by atomic mass is 19.4. The van der Waals surface area contributed by atoms with Crippen molar-refractivity contribution in [1.29, 1.82) is 0 Å². The molecule has 2 fully saturated rings. The van der Waals surface area contributed by atoms with E-state index >= 15 is 0 Å². The van der Waals surface area contributed by atoms with Gasteiger partial charge >= 0.3 is 12.1 Å². The van der Waals surface area contributed by atoms with Crippen LogP contribution in [0, 0.1) is 5.41 Å². The lowest BCUT2D eigenvalue weighted by Gasteiger charge is -2.39. The van der Waals surface area contributed by atoms with Crippen LogP contribution in [0.3, 0.4) is 0 Å². The molecule has 2 aliphatic heterocycles. The molecule has 6 rings (SSSR count). The molecule has 0 atom stereocenters. The molecule has 256 valence electrons. The number of piperidine rings is 2. The van der Waals surface area contributed by atoms with Gasteiger partial charge in [-0.05, 0) is 92.0 Å². The van der Waals surface area contributed by atoms with Crippen LogP contribution in [-0.2, 0) is 22.6 Å². The number of carbonyl (C=O) groups excluding carboxylic acids is 1. The molecular formula is C38H45F3N4O3. The Morgan fingerprint density at radius 1 is 0.833 bits per heavy atom. The lowest BCUT2D eigenvalue weighted by molar-refractivity contribution is -0.152. The van der Waals surface area contributed by atoms with Crippen molar-refractivity contribution in [2.45, 2.75) is 71.0 Å². The van der Waals surface area contributed by atoms with E-state index < -0.39 is 24.1 Å². The maximum atomic E-state index is 12.1. The van der Waals surface area contributed by atoms with E-state index in [1.54, 1.807) is 0 Å². The Bertz CT molecular complexity index is 1730. The molecule has 0 aliphatic carbocycles. The zero-order valence-electron chi connectivity index (χ0n) is 27.6. The third-order valence-corrected chi connectivity index (χ3v) is 10.0. The quantitative estimate of drug-likeness (QED) is 0.192. The normalized spacial score (nSPS) is 17.2. The van der Waals surface area contributed by atoms with Gasteiger partial charge in [0, 0.05) is 30.1 Å². The highest BCUT2D eigenvalue weighted by Crippen LogP contribution is 2.36. The summed E-state index contributed by atoms with van der Waals surface area (Å²) in [4.78, 5) is 31.2. The molecule has 0 unspecified atom stereocenters. The Morgan fingerprint density at radius 2 is 1.46 bits per heavy atom. The number of primary amides is 1. The monoisotopic (exact) mass is 662 g/mol. The van der Waals surface area contributed by atoms with E-state index in [1.165, 1.54) is 53.6 Å². The Labute approximate surface area is 279 Å². The van der Waals surface area contributed by atoms with Crippen LogP contribution in [0.2, 0.25) is 0 Å². The van der Waals surface area contributed by atoms with Gasteiger partial charge in [0.25, 0.3) is 0 Å².